The summed E-state index contributed by atoms with van der Waals surface area (Å²) in [7, 11) is 0. The first-order valence-electron chi connectivity index (χ1n) is 34.1. The van der Waals surface area contributed by atoms with Crippen LogP contribution in [-0.4, -0.2) is 439 Å². The van der Waals surface area contributed by atoms with E-state index in [0.717, 1.165) is 27.7 Å². The van der Waals surface area contributed by atoms with E-state index in [1.165, 1.54) is 6.20 Å². The summed E-state index contributed by atoms with van der Waals surface area (Å²) in [6, 6.07) is -2.21. The molecule has 8 heterocycles. The van der Waals surface area contributed by atoms with Gasteiger partial charge in [0, 0.05) is 40.4 Å². The fraction of sp³-hybridized carbons (Fsp3) is 0.852. The Balaban J connectivity index is 1.14. The Kier molecular flexibility index (Phi) is 32.7. The molecule has 8 rings (SSSR count). The van der Waals surface area contributed by atoms with Crippen LogP contribution in [0.1, 0.15) is 27.7 Å². The third kappa shape index (κ3) is 20.8. The van der Waals surface area contributed by atoms with E-state index in [4.69, 9.17) is 66.3 Å². The number of aliphatic hydroxyl groups is 22. The van der Waals surface area contributed by atoms with Crippen LogP contribution in [0.25, 0.3) is 0 Å². The summed E-state index contributed by atoms with van der Waals surface area (Å²) < 4.78 is 83.6. The third-order valence-corrected chi connectivity index (χ3v) is 18.9. The number of hydrogen-bond acceptors (Lipinski definition) is 42. The van der Waals surface area contributed by atoms with Gasteiger partial charge in [-0.2, -0.15) is 0 Å². The van der Waals surface area contributed by atoms with Crippen LogP contribution in [0.5, 0.6) is 0 Å². The van der Waals surface area contributed by atoms with Gasteiger partial charge in [-0.05, 0) is 12.1 Å². The van der Waals surface area contributed by atoms with Gasteiger partial charge in [-0.3, -0.25) is 19.2 Å². The highest BCUT2D eigenvalue weighted by Gasteiger charge is 2.60. The topological polar surface area (TPSA) is 716 Å². The lowest BCUT2D eigenvalue weighted by Gasteiger charge is -2.50. The van der Waals surface area contributed by atoms with Crippen LogP contribution in [0.3, 0.4) is 0 Å². The van der Waals surface area contributed by atoms with Crippen LogP contribution in [0, 0.1) is 0 Å². The average Bonchev–Trinajstić information content (AvgIpc) is 0.772. The summed E-state index contributed by atoms with van der Waals surface area (Å²) in [5, 5.41) is 257. The lowest BCUT2D eigenvalue weighted by Crippen LogP contribution is -2.70. The zero-order valence-electron chi connectivity index (χ0n) is 57.8. The molecule has 0 aliphatic carbocycles. The van der Waals surface area contributed by atoms with Crippen LogP contribution in [-0.2, 0) is 85.5 Å². The molecule has 107 heavy (non-hydrogen) atoms. The molecule has 0 spiro atoms. The molecule has 1 aromatic rings. The summed E-state index contributed by atoms with van der Waals surface area (Å²) in [6.45, 7) is -5.06. The predicted molar refractivity (Wildman–Crippen MR) is 339 cm³/mol. The smallest absolute Gasteiger partial charge is 0.217 e. The third-order valence-electron chi connectivity index (χ3n) is 18.9. The van der Waals surface area contributed by atoms with E-state index >= 15 is 0 Å². The maximum Gasteiger partial charge on any atom is 0.217 e. The van der Waals surface area contributed by atoms with Crippen LogP contribution < -0.4 is 26.6 Å². The van der Waals surface area contributed by atoms with E-state index in [1.807, 2.05) is 0 Å². The molecule has 7 fully saturated rings. The number of aromatic nitrogens is 1. The molecule has 4 amide bonds. The van der Waals surface area contributed by atoms with Gasteiger partial charge in [0.1, 0.15) is 195 Å². The van der Waals surface area contributed by atoms with Crippen LogP contribution in [0.15, 0.2) is 24.4 Å². The SMILES string of the molecule is CC(=O)N[C@H]1[C@H](O[C@@H]([C@H](O)[C@H](CNc2ccccn2)NC(C)=O)[C@H](O)CO)O[C@H](CO)[C@@H](O[C@@H]2O[C@H](CO[C@H]3O[C@H](CO)[C@@H](O)[C@H](O)[C@@H]3O[C@@H]3O[C@H](CO)[C@@H](O[C@@H]4O[C@H](CO)[C@H](O)[C@H](O)[C@H]4O)[C@H](O)[C@H]3NC(C)=O)[C@@H](O)[C@H](O[C@H]3O[C@H](CO)[C@@H](O)[C@H](O)[C@@H]3O[C@@H]3O[C@H](CO)[C@@H](O)[C@H](O)[C@H]3NC(C)=O)[C@@H]2O)[C@@H]1O. The monoisotopic (exact) mass is 1560 g/mol. The molecule has 0 radical (unpaired) electrons. The number of amides is 4. The molecular formula is C61H100N6O40. The maximum atomic E-state index is 13.1. The molecule has 0 bridgehead atoms. The van der Waals surface area contributed by atoms with E-state index in [9.17, 15) is 132 Å². The van der Waals surface area contributed by atoms with Gasteiger partial charge in [-0.1, -0.05) is 6.07 Å². The summed E-state index contributed by atoms with van der Waals surface area (Å²) >= 11 is 0. The second kappa shape index (κ2) is 39.7. The average molecular weight is 1560 g/mol. The summed E-state index contributed by atoms with van der Waals surface area (Å²) in [5.41, 5.74) is 0. The number of pyridine rings is 1. The lowest BCUT2D eigenvalue weighted by atomic mass is 9.94. The Labute approximate surface area is 608 Å². The van der Waals surface area contributed by atoms with E-state index in [2.05, 4.69) is 31.6 Å². The first-order valence-corrected chi connectivity index (χ1v) is 34.1. The molecule has 1 aromatic heterocycles. The van der Waals surface area contributed by atoms with Crippen molar-refractivity contribution >= 4 is 29.4 Å². The highest BCUT2D eigenvalue weighted by Crippen LogP contribution is 2.39. The number of carbonyl (C=O) groups is 4. The van der Waals surface area contributed by atoms with Gasteiger partial charge in [0.15, 0.2) is 44.0 Å². The number of hydrogen-bond donors (Lipinski definition) is 27. The van der Waals surface area contributed by atoms with E-state index in [0.29, 0.717) is 0 Å². The van der Waals surface area contributed by atoms with Crippen molar-refractivity contribution in [3.05, 3.63) is 24.4 Å². The second-order valence-electron chi connectivity index (χ2n) is 26.5. The molecule has 46 heteroatoms. The van der Waals surface area contributed by atoms with Gasteiger partial charge in [0.25, 0.3) is 0 Å². The zero-order valence-corrected chi connectivity index (χ0v) is 57.8. The molecule has 0 saturated carbocycles. The summed E-state index contributed by atoms with van der Waals surface area (Å²) in [6.07, 6.45) is -71.2. The quantitative estimate of drug-likeness (QED) is 0.0318. The van der Waals surface area contributed by atoms with Crippen LogP contribution in [0.4, 0.5) is 5.82 Å². The van der Waals surface area contributed by atoms with Crippen molar-refractivity contribution in [1.82, 2.24) is 26.3 Å². The fourth-order valence-electron chi connectivity index (χ4n) is 13.3. The maximum absolute atomic E-state index is 13.1. The van der Waals surface area contributed by atoms with E-state index in [1.54, 1.807) is 18.2 Å². The molecule has 46 nitrogen and oxygen atoms in total. The Morgan fingerprint density at radius 1 is 0.411 bits per heavy atom. The van der Waals surface area contributed by atoms with Gasteiger partial charge < -0.3 is 205 Å². The van der Waals surface area contributed by atoms with Crippen molar-refractivity contribution in [2.75, 3.05) is 64.7 Å². The summed E-state index contributed by atoms with van der Waals surface area (Å²) in [4.78, 5) is 55.0. The van der Waals surface area contributed by atoms with Gasteiger partial charge >= 0.3 is 0 Å². The molecule has 39 atom stereocenters. The second-order valence-corrected chi connectivity index (χ2v) is 26.5. The summed E-state index contributed by atoms with van der Waals surface area (Å²) in [5.74, 6) is -3.15. The normalized spacial score (nSPS) is 43.1. The Bertz CT molecular complexity index is 2920. The first-order chi connectivity index (χ1) is 50.7. The highest BCUT2D eigenvalue weighted by atomic mass is 16.8. The van der Waals surface area contributed by atoms with Crippen molar-refractivity contribution in [1.29, 1.82) is 0 Å². The van der Waals surface area contributed by atoms with Crippen molar-refractivity contribution in [3.8, 4) is 0 Å². The van der Waals surface area contributed by atoms with Crippen LogP contribution in [0.2, 0.25) is 0 Å². The van der Waals surface area contributed by atoms with Crippen molar-refractivity contribution in [2.24, 2.45) is 0 Å². The predicted octanol–water partition coefficient (Wildman–Crippen LogP) is -16.7. The lowest BCUT2D eigenvalue weighted by molar-refractivity contribution is -0.396. The van der Waals surface area contributed by atoms with E-state index < -0.39 is 316 Å². The van der Waals surface area contributed by atoms with Crippen LogP contribution >= 0.6 is 0 Å². The number of nitrogens with one attached hydrogen (secondary N) is 5. The van der Waals surface area contributed by atoms with Crippen molar-refractivity contribution in [2.45, 2.75) is 267 Å². The molecule has 0 unspecified atom stereocenters. The molecule has 7 saturated heterocycles. The Hall–Kier alpha value is -4.61. The Morgan fingerprint density at radius 3 is 1.29 bits per heavy atom. The number of anilines is 1. The number of rotatable bonds is 32. The largest absolute Gasteiger partial charge is 0.394 e. The molecule has 614 valence electrons. The van der Waals surface area contributed by atoms with Gasteiger partial charge in [0.05, 0.1) is 58.9 Å². The van der Waals surface area contributed by atoms with Crippen molar-refractivity contribution in [3.63, 3.8) is 0 Å². The fourth-order valence-corrected chi connectivity index (χ4v) is 13.3. The molecular weight excluding hydrogens is 1460 g/mol. The minimum Gasteiger partial charge on any atom is -0.394 e. The number of ether oxygens (including phenoxy) is 14. The zero-order chi connectivity index (χ0) is 78.7. The van der Waals surface area contributed by atoms with Crippen molar-refractivity contribution < 1.29 is 198 Å². The standard InChI is InChI=1S/C61H100N6O40/c1-18(75)64-22(9-63-31-7-5-6-8-62-31)35(80)49(23(79)10-68)102-56-33(66-20(3)77)42(87)51(29(16-74)99-56)104-59-48(93)52(105-61-54(46(91)39(84)27(14-72)98-61)107-55-32(65-19(2)76)41(86)36(81)24(11-69)95-55)40(85)30(101-59)17-94-60-53(45(90)38(83)26(13-71)97-60)106-57-34(67-21(4)78)43(88)50(28(15-73)100-57)103-58-47(92)44(89)37(82)25(12-70)96-58/h5-8,22-30,32-61,68-74,79-93H,9-17H2,1-4H3,(H,62,63)(H,64,75)(H,65,76)(H,66,77)(H,67,78)/t22-,23+,24+,25+,26+,27+,28+,29+,30+,32+,33+,34+,35+,36+,37-,38+,39+,40+,41+,42+,43+,44-,45-,46-,47+,48-,49+,50+,51+,52-,53-,54-,55-,56-,57-,58-,59-,60-,61+/m0/s1. The molecule has 0 aromatic carbocycles. The minimum atomic E-state index is -2.52. The number of aliphatic hydroxyl groups excluding tert-OH is 22. The van der Waals surface area contributed by atoms with Gasteiger partial charge in [-0.25, -0.2) is 4.98 Å². The highest BCUT2D eigenvalue weighted by molar-refractivity contribution is 5.74. The van der Waals surface area contributed by atoms with Gasteiger partial charge in [-0.15, -0.1) is 0 Å². The number of carbonyl (C=O) groups excluding carboxylic acids is 4. The molecule has 27 N–H and O–H groups in total. The Morgan fingerprint density at radius 2 is 0.813 bits per heavy atom. The molecule has 7 aliphatic rings. The van der Waals surface area contributed by atoms with Gasteiger partial charge in [0.2, 0.25) is 23.6 Å². The first kappa shape index (κ1) is 88.0. The number of nitrogens with zero attached hydrogens (tertiary/aromatic N) is 1. The minimum absolute atomic E-state index is 0.260. The molecule has 7 aliphatic heterocycles. The van der Waals surface area contributed by atoms with E-state index in [-0.39, 0.29) is 12.4 Å².